The van der Waals surface area contributed by atoms with Crippen LogP contribution >= 0.6 is 0 Å². The molecule has 2 heteroatoms. The SMILES string of the molecule is c1ccc(-c2ccc3cc(-c4c5ccccc5c(-c5ccc6oc7c(ccc8c9ccccc9oc87)c6c5)c5ccccc45)ccc3c2)cc1. The van der Waals surface area contributed by atoms with Crippen LogP contribution in [0.3, 0.4) is 0 Å². The highest BCUT2D eigenvalue weighted by Crippen LogP contribution is 2.46. The van der Waals surface area contributed by atoms with Gasteiger partial charge in [0.25, 0.3) is 0 Å². The van der Waals surface area contributed by atoms with Gasteiger partial charge in [0.05, 0.1) is 0 Å². The second-order valence-corrected chi connectivity index (χ2v) is 13.2. The van der Waals surface area contributed by atoms with Gasteiger partial charge in [-0.1, -0.05) is 127 Å². The van der Waals surface area contributed by atoms with E-state index < -0.39 is 0 Å². The molecular weight excluding hydrogens is 609 g/mol. The third kappa shape index (κ3) is 3.96. The fourth-order valence-electron chi connectivity index (χ4n) is 8.13. The fraction of sp³-hybridized carbons (Fsp3) is 0. The van der Waals surface area contributed by atoms with Crippen LogP contribution < -0.4 is 0 Å². The lowest BCUT2D eigenvalue weighted by Crippen LogP contribution is -1.91. The molecule has 0 unspecified atom stereocenters. The minimum absolute atomic E-state index is 0.795. The molecule has 0 bridgehead atoms. The van der Waals surface area contributed by atoms with E-state index in [4.69, 9.17) is 8.83 Å². The van der Waals surface area contributed by atoms with E-state index in [2.05, 4.69) is 152 Å². The predicted molar refractivity (Wildman–Crippen MR) is 210 cm³/mol. The van der Waals surface area contributed by atoms with Crippen LogP contribution in [0.5, 0.6) is 0 Å². The summed E-state index contributed by atoms with van der Waals surface area (Å²) in [5.74, 6) is 0. The van der Waals surface area contributed by atoms with Gasteiger partial charge in [-0.25, -0.2) is 0 Å². The highest BCUT2D eigenvalue weighted by Gasteiger charge is 2.20. The van der Waals surface area contributed by atoms with Crippen molar-refractivity contribution < 1.29 is 8.83 Å². The van der Waals surface area contributed by atoms with E-state index in [-0.39, 0.29) is 0 Å². The number of rotatable bonds is 3. The average molecular weight is 637 g/mol. The second-order valence-electron chi connectivity index (χ2n) is 13.2. The molecule has 0 fully saturated rings. The number of hydrogen-bond acceptors (Lipinski definition) is 2. The maximum Gasteiger partial charge on any atom is 0.178 e. The van der Waals surface area contributed by atoms with E-state index >= 15 is 0 Å². The van der Waals surface area contributed by atoms with E-state index in [1.165, 1.54) is 60.1 Å². The molecule has 2 heterocycles. The summed E-state index contributed by atoms with van der Waals surface area (Å²) in [6.45, 7) is 0. The van der Waals surface area contributed by atoms with Crippen molar-refractivity contribution in [2.24, 2.45) is 0 Å². The van der Waals surface area contributed by atoms with Crippen molar-refractivity contribution in [3.05, 3.63) is 170 Å². The van der Waals surface area contributed by atoms with E-state index in [1.54, 1.807) is 0 Å². The zero-order valence-electron chi connectivity index (χ0n) is 27.0. The third-order valence-corrected chi connectivity index (χ3v) is 10.4. The van der Waals surface area contributed by atoms with Crippen molar-refractivity contribution in [1.29, 1.82) is 0 Å². The van der Waals surface area contributed by atoms with E-state index in [0.29, 0.717) is 0 Å². The highest BCUT2D eigenvalue weighted by atomic mass is 16.4. The molecule has 9 aromatic carbocycles. The maximum atomic E-state index is 6.51. The predicted octanol–water partition coefficient (Wildman–Crippen LogP) is 13.9. The molecular formula is C48H28O2. The Kier molecular flexibility index (Phi) is 5.70. The standard InChI is InChI=1S/C48H28O2/c1-2-10-29(11-3-1)30-18-19-32-27-33(21-20-31(32)26-30)45-36-13-4-6-15-38(36)46(39-16-7-5-14-37(39)45)34-22-25-44-42(28-34)41-24-23-40-35-12-8-9-17-43(35)49-47(40)48(41)50-44/h1-28H. The van der Waals surface area contributed by atoms with Crippen molar-refractivity contribution >= 4 is 76.2 Å². The van der Waals surface area contributed by atoms with Crippen LogP contribution in [0, 0.1) is 0 Å². The molecule has 0 amide bonds. The first-order valence-corrected chi connectivity index (χ1v) is 17.1. The molecule has 11 rings (SSSR count). The van der Waals surface area contributed by atoms with Gasteiger partial charge < -0.3 is 8.83 Å². The first-order valence-electron chi connectivity index (χ1n) is 17.1. The fourth-order valence-corrected chi connectivity index (χ4v) is 8.13. The van der Waals surface area contributed by atoms with E-state index in [1.807, 2.05) is 18.2 Å². The van der Waals surface area contributed by atoms with Crippen LogP contribution in [0.4, 0.5) is 0 Å². The number of fused-ring (bicyclic) bond motifs is 10. The number of benzene rings is 9. The Hall–Kier alpha value is -6.64. The molecule has 0 spiro atoms. The molecule has 0 atom stereocenters. The lowest BCUT2D eigenvalue weighted by atomic mass is 9.85. The second kappa shape index (κ2) is 10.4. The Labute approximate surface area is 287 Å². The highest BCUT2D eigenvalue weighted by molar-refractivity contribution is 6.23. The summed E-state index contributed by atoms with van der Waals surface area (Å²) < 4.78 is 12.9. The van der Waals surface area contributed by atoms with Gasteiger partial charge in [0.1, 0.15) is 11.2 Å². The summed E-state index contributed by atoms with van der Waals surface area (Å²) in [7, 11) is 0. The van der Waals surface area contributed by atoms with Crippen LogP contribution in [0.2, 0.25) is 0 Å². The summed E-state index contributed by atoms with van der Waals surface area (Å²) in [6, 6.07) is 61.1. The van der Waals surface area contributed by atoms with Gasteiger partial charge >= 0.3 is 0 Å². The van der Waals surface area contributed by atoms with Crippen molar-refractivity contribution in [2.75, 3.05) is 0 Å². The quantitative estimate of drug-likeness (QED) is 0.180. The van der Waals surface area contributed by atoms with Gasteiger partial charge in [-0.15, -0.1) is 0 Å². The smallest absolute Gasteiger partial charge is 0.178 e. The minimum Gasteiger partial charge on any atom is -0.452 e. The molecule has 0 N–H and O–H groups in total. The zero-order chi connectivity index (χ0) is 32.8. The Bertz CT molecular complexity index is 3080. The van der Waals surface area contributed by atoms with Gasteiger partial charge in [0.15, 0.2) is 11.2 Å². The van der Waals surface area contributed by atoms with Gasteiger partial charge in [-0.3, -0.25) is 0 Å². The monoisotopic (exact) mass is 636 g/mol. The summed E-state index contributed by atoms with van der Waals surface area (Å²) in [6.07, 6.45) is 0. The number of hydrogen-bond donors (Lipinski definition) is 0. The molecule has 11 aromatic rings. The van der Waals surface area contributed by atoms with Crippen molar-refractivity contribution in [1.82, 2.24) is 0 Å². The molecule has 50 heavy (non-hydrogen) atoms. The normalized spacial score (nSPS) is 12.0. The maximum absolute atomic E-state index is 6.51. The molecule has 0 saturated heterocycles. The van der Waals surface area contributed by atoms with E-state index in [0.717, 1.165) is 49.4 Å². The first-order chi connectivity index (χ1) is 24.8. The average Bonchev–Trinajstić information content (AvgIpc) is 3.75. The topological polar surface area (TPSA) is 26.3 Å². The largest absolute Gasteiger partial charge is 0.452 e. The number of para-hydroxylation sites is 1. The molecule has 2 nitrogen and oxygen atoms in total. The Morgan fingerprint density at radius 3 is 1.36 bits per heavy atom. The summed E-state index contributed by atoms with van der Waals surface area (Å²) in [5.41, 5.74) is 10.7. The minimum atomic E-state index is 0.795. The zero-order valence-corrected chi connectivity index (χ0v) is 27.0. The van der Waals surface area contributed by atoms with Crippen LogP contribution in [0.15, 0.2) is 179 Å². The Balaban J connectivity index is 1.12. The van der Waals surface area contributed by atoms with Crippen molar-refractivity contribution in [3.8, 4) is 33.4 Å². The van der Waals surface area contributed by atoms with Crippen LogP contribution in [0.25, 0.3) is 110 Å². The van der Waals surface area contributed by atoms with Crippen LogP contribution in [-0.4, -0.2) is 0 Å². The number of furan rings is 2. The van der Waals surface area contributed by atoms with Gasteiger partial charge in [-0.2, -0.15) is 0 Å². The van der Waals surface area contributed by atoms with Gasteiger partial charge in [0, 0.05) is 21.5 Å². The van der Waals surface area contributed by atoms with E-state index in [9.17, 15) is 0 Å². The first kappa shape index (κ1) is 27.3. The Morgan fingerprint density at radius 1 is 0.260 bits per heavy atom. The van der Waals surface area contributed by atoms with Crippen molar-refractivity contribution in [2.45, 2.75) is 0 Å². The molecule has 0 saturated carbocycles. The van der Waals surface area contributed by atoms with Crippen LogP contribution in [0.1, 0.15) is 0 Å². The molecule has 0 aliphatic heterocycles. The molecule has 232 valence electrons. The Morgan fingerprint density at radius 2 is 0.720 bits per heavy atom. The van der Waals surface area contributed by atoms with Crippen molar-refractivity contribution in [3.63, 3.8) is 0 Å². The van der Waals surface area contributed by atoms with Crippen LogP contribution in [-0.2, 0) is 0 Å². The summed E-state index contributed by atoms with van der Waals surface area (Å²) in [5, 5.41) is 11.7. The molecule has 2 aromatic heterocycles. The van der Waals surface area contributed by atoms with Gasteiger partial charge in [-0.05, 0) is 108 Å². The third-order valence-electron chi connectivity index (χ3n) is 10.4. The summed E-state index contributed by atoms with van der Waals surface area (Å²) >= 11 is 0. The lowest BCUT2D eigenvalue weighted by molar-refractivity contribution is 0.633. The lowest BCUT2D eigenvalue weighted by Gasteiger charge is -2.18. The molecule has 0 aliphatic rings. The molecule has 0 radical (unpaired) electrons. The molecule has 0 aliphatic carbocycles. The van der Waals surface area contributed by atoms with Gasteiger partial charge in [0.2, 0.25) is 0 Å². The summed E-state index contributed by atoms with van der Waals surface area (Å²) in [4.78, 5) is 0.